The number of rotatable bonds is 8. The number of aryl methyl sites for hydroxylation is 1. The standard InChI is InChI=1S/C17H27NO2/c1-5-8-10-11-15-13-16(17(19)20-7-3)18(14(15)4)12-9-6-2/h6,9,13H,5,7-8,10-12H2,1-4H3. The van der Waals surface area contributed by atoms with E-state index in [1.807, 2.05) is 26.0 Å². The van der Waals surface area contributed by atoms with Gasteiger partial charge in [-0.2, -0.15) is 0 Å². The van der Waals surface area contributed by atoms with Gasteiger partial charge in [0.15, 0.2) is 0 Å². The van der Waals surface area contributed by atoms with Crippen LogP contribution in [0.15, 0.2) is 18.2 Å². The summed E-state index contributed by atoms with van der Waals surface area (Å²) in [4.78, 5) is 12.1. The highest BCUT2D eigenvalue weighted by atomic mass is 16.5. The summed E-state index contributed by atoms with van der Waals surface area (Å²) in [6.45, 7) is 9.26. The first-order valence-corrected chi connectivity index (χ1v) is 7.62. The topological polar surface area (TPSA) is 31.2 Å². The lowest BCUT2D eigenvalue weighted by molar-refractivity contribution is 0.0514. The number of aromatic nitrogens is 1. The molecule has 0 N–H and O–H groups in total. The summed E-state index contributed by atoms with van der Waals surface area (Å²) in [5.41, 5.74) is 3.13. The molecule has 0 radical (unpaired) electrons. The van der Waals surface area contributed by atoms with Crippen LogP contribution >= 0.6 is 0 Å². The van der Waals surface area contributed by atoms with Gasteiger partial charge in [-0.1, -0.05) is 31.9 Å². The van der Waals surface area contributed by atoms with Gasteiger partial charge in [0.25, 0.3) is 0 Å². The van der Waals surface area contributed by atoms with Crippen molar-refractivity contribution in [1.82, 2.24) is 4.57 Å². The third-order valence-corrected chi connectivity index (χ3v) is 3.53. The van der Waals surface area contributed by atoms with Gasteiger partial charge in [0.2, 0.25) is 0 Å². The Morgan fingerprint density at radius 1 is 1.35 bits per heavy atom. The molecule has 0 saturated heterocycles. The first-order valence-electron chi connectivity index (χ1n) is 7.62. The molecule has 0 spiro atoms. The molecule has 1 aromatic heterocycles. The van der Waals surface area contributed by atoms with Gasteiger partial charge >= 0.3 is 5.97 Å². The largest absolute Gasteiger partial charge is 0.461 e. The maximum absolute atomic E-state index is 12.1. The van der Waals surface area contributed by atoms with E-state index < -0.39 is 0 Å². The predicted molar refractivity (Wildman–Crippen MR) is 83.2 cm³/mol. The van der Waals surface area contributed by atoms with E-state index >= 15 is 0 Å². The highest BCUT2D eigenvalue weighted by Gasteiger charge is 2.17. The summed E-state index contributed by atoms with van der Waals surface area (Å²) in [6.07, 6.45) is 8.72. The molecule has 0 aromatic carbocycles. The average Bonchev–Trinajstić information content (AvgIpc) is 2.74. The first-order chi connectivity index (χ1) is 9.65. The number of nitrogens with zero attached hydrogens (tertiary/aromatic N) is 1. The third-order valence-electron chi connectivity index (χ3n) is 3.53. The molecule has 0 bridgehead atoms. The van der Waals surface area contributed by atoms with Gasteiger partial charge in [-0.05, 0) is 45.2 Å². The van der Waals surface area contributed by atoms with Crippen LogP contribution in [0.3, 0.4) is 0 Å². The molecule has 1 rings (SSSR count). The minimum atomic E-state index is -0.221. The zero-order chi connectivity index (χ0) is 15.0. The average molecular weight is 277 g/mol. The third kappa shape index (κ3) is 4.26. The van der Waals surface area contributed by atoms with Gasteiger partial charge in [0.05, 0.1) is 6.61 Å². The number of hydrogen-bond acceptors (Lipinski definition) is 2. The maximum Gasteiger partial charge on any atom is 0.354 e. The van der Waals surface area contributed by atoms with Crippen LogP contribution in [-0.2, 0) is 17.7 Å². The Labute approximate surface area is 122 Å². The SMILES string of the molecule is CC=CCn1c(C(=O)OCC)cc(CCCCC)c1C. The molecule has 3 heteroatoms. The Morgan fingerprint density at radius 2 is 2.10 bits per heavy atom. The maximum atomic E-state index is 12.1. The number of unbranched alkanes of at least 4 members (excludes halogenated alkanes) is 2. The van der Waals surface area contributed by atoms with Gasteiger partial charge < -0.3 is 9.30 Å². The van der Waals surface area contributed by atoms with Crippen molar-refractivity contribution < 1.29 is 9.53 Å². The number of esters is 1. The molecule has 0 aliphatic carbocycles. The molecule has 20 heavy (non-hydrogen) atoms. The van der Waals surface area contributed by atoms with E-state index in [0.29, 0.717) is 12.3 Å². The molecule has 1 heterocycles. The lowest BCUT2D eigenvalue weighted by Crippen LogP contribution is -2.12. The quantitative estimate of drug-likeness (QED) is 0.403. The van der Waals surface area contributed by atoms with Crippen LogP contribution in [0.5, 0.6) is 0 Å². The zero-order valence-corrected chi connectivity index (χ0v) is 13.2. The second-order valence-corrected chi connectivity index (χ2v) is 5.00. The lowest BCUT2D eigenvalue weighted by Gasteiger charge is -2.09. The summed E-state index contributed by atoms with van der Waals surface area (Å²) < 4.78 is 7.21. The van der Waals surface area contributed by atoms with Crippen LogP contribution in [0.1, 0.15) is 61.8 Å². The van der Waals surface area contributed by atoms with Crippen molar-refractivity contribution in [1.29, 1.82) is 0 Å². The Hall–Kier alpha value is -1.51. The second-order valence-electron chi connectivity index (χ2n) is 5.00. The molecular weight excluding hydrogens is 250 g/mol. The number of ether oxygens (including phenoxy) is 1. The van der Waals surface area contributed by atoms with Crippen LogP contribution in [0.25, 0.3) is 0 Å². The van der Waals surface area contributed by atoms with Crippen molar-refractivity contribution in [3.8, 4) is 0 Å². The van der Waals surface area contributed by atoms with Crippen molar-refractivity contribution in [2.45, 2.75) is 59.9 Å². The minimum absolute atomic E-state index is 0.221. The van der Waals surface area contributed by atoms with Crippen LogP contribution in [0, 0.1) is 6.92 Å². The predicted octanol–water partition coefficient (Wildman–Crippen LogP) is 4.28. The molecule has 112 valence electrons. The van der Waals surface area contributed by atoms with Gasteiger partial charge in [-0.25, -0.2) is 4.79 Å². The smallest absolute Gasteiger partial charge is 0.354 e. The van der Waals surface area contributed by atoms with Crippen molar-refractivity contribution in [2.24, 2.45) is 0 Å². The molecule has 0 amide bonds. The summed E-state index contributed by atoms with van der Waals surface area (Å²) in [5, 5.41) is 0. The highest BCUT2D eigenvalue weighted by Crippen LogP contribution is 2.19. The summed E-state index contributed by atoms with van der Waals surface area (Å²) in [6, 6.07) is 2.01. The molecule has 3 nitrogen and oxygen atoms in total. The number of hydrogen-bond donors (Lipinski definition) is 0. The first kappa shape index (κ1) is 16.5. The van der Waals surface area contributed by atoms with Gasteiger partial charge in [0.1, 0.15) is 5.69 Å². The number of carbonyl (C=O) groups is 1. The fourth-order valence-corrected chi connectivity index (χ4v) is 2.34. The molecule has 1 aromatic rings. The number of carbonyl (C=O) groups excluding carboxylic acids is 1. The molecule has 0 aliphatic heterocycles. The van der Waals surface area contributed by atoms with E-state index in [1.165, 1.54) is 30.5 Å². The van der Waals surface area contributed by atoms with E-state index in [4.69, 9.17) is 4.74 Å². The van der Waals surface area contributed by atoms with Crippen LogP contribution < -0.4 is 0 Å². The van der Waals surface area contributed by atoms with E-state index in [2.05, 4.69) is 24.5 Å². The molecule has 0 fully saturated rings. The molecular formula is C17H27NO2. The van der Waals surface area contributed by atoms with Crippen LogP contribution in [0.4, 0.5) is 0 Å². The summed E-state index contributed by atoms with van der Waals surface area (Å²) in [7, 11) is 0. The summed E-state index contributed by atoms with van der Waals surface area (Å²) in [5.74, 6) is -0.221. The molecule has 0 atom stereocenters. The second kappa shape index (κ2) is 8.62. The lowest BCUT2D eigenvalue weighted by atomic mass is 10.1. The Kier molecular flexibility index (Phi) is 7.13. The molecule has 0 unspecified atom stereocenters. The van der Waals surface area contributed by atoms with Crippen molar-refractivity contribution in [3.05, 3.63) is 35.2 Å². The van der Waals surface area contributed by atoms with E-state index in [-0.39, 0.29) is 5.97 Å². The summed E-state index contributed by atoms with van der Waals surface area (Å²) >= 11 is 0. The Balaban J connectivity index is 3.00. The van der Waals surface area contributed by atoms with Crippen molar-refractivity contribution in [2.75, 3.05) is 6.61 Å². The van der Waals surface area contributed by atoms with Crippen LogP contribution in [0.2, 0.25) is 0 Å². The zero-order valence-electron chi connectivity index (χ0n) is 13.2. The Morgan fingerprint density at radius 3 is 2.70 bits per heavy atom. The fraction of sp³-hybridized carbons (Fsp3) is 0.588. The van der Waals surface area contributed by atoms with Gasteiger partial charge in [-0.15, -0.1) is 0 Å². The fourth-order valence-electron chi connectivity index (χ4n) is 2.34. The number of allylic oxidation sites excluding steroid dienone is 2. The van der Waals surface area contributed by atoms with Crippen molar-refractivity contribution in [3.63, 3.8) is 0 Å². The monoisotopic (exact) mass is 277 g/mol. The van der Waals surface area contributed by atoms with E-state index in [9.17, 15) is 4.79 Å². The van der Waals surface area contributed by atoms with Gasteiger partial charge in [0, 0.05) is 12.2 Å². The molecule has 0 aliphatic rings. The van der Waals surface area contributed by atoms with Crippen LogP contribution in [-0.4, -0.2) is 17.1 Å². The van der Waals surface area contributed by atoms with E-state index in [0.717, 1.165) is 13.0 Å². The molecule has 0 saturated carbocycles. The van der Waals surface area contributed by atoms with Gasteiger partial charge in [-0.3, -0.25) is 0 Å². The van der Waals surface area contributed by atoms with Crippen molar-refractivity contribution >= 4 is 5.97 Å². The normalized spacial score (nSPS) is 11.2. The van der Waals surface area contributed by atoms with E-state index in [1.54, 1.807) is 0 Å². The highest BCUT2D eigenvalue weighted by molar-refractivity contribution is 5.88. The minimum Gasteiger partial charge on any atom is -0.461 e. The Bertz CT molecular complexity index is 458.